The van der Waals surface area contributed by atoms with Gasteiger partial charge >= 0.3 is 11.7 Å². The van der Waals surface area contributed by atoms with Gasteiger partial charge in [-0.25, -0.2) is 14.8 Å². The van der Waals surface area contributed by atoms with Crippen molar-refractivity contribution in [3.63, 3.8) is 0 Å². The Labute approximate surface area is 130 Å². The summed E-state index contributed by atoms with van der Waals surface area (Å²) >= 11 is 1.10. The minimum absolute atomic E-state index is 0.218. The van der Waals surface area contributed by atoms with Crippen molar-refractivity contribution < 1.29 is 9.53 Å². The molecule has 0 N–H and O–H groups in total. The normalized spacial score (nSPS) is 12.4. The molecule has 2 rings (SSSR count). The average molecular weight is 324 g/mol. The zero-order chi connectivity index (χ0) is 16.6. The van der Waals surface area contributed by atoms with Gasteiger partial charge in [0.1, 0.15) is 21.5 Å². The zero-order valence-corrected chi connectivity index (χ0v) is 13.7. The Bertz CT molecular complexity index is 871. The Kier molecular flexibility index (Phi) is 4.36. The lowest BCUT2D eigenvalue weighted by Crippen LogP contribution is -2.37. The van der Waals surface area contributed by atoms with Crippen LogP contribution in [0.5, 0.6) is 0 Å². The van der Waals surface area contributed by atoms with Crippen molar-refractivity contribution >= 4 is 28.8 Å². The minimum Gasteiger partial charge on any atom is -0.468 e. The van der Waals surface area contributed by atoms with E-state index in [0.717, 1.165) is 16.3 Å². The highest BCUT2D eigenvalue weighted by atomic mass is 32.2. The van der Waals surface area contributed by atoms with Gasteiger partial charge in [0.25, 0.3) is 5.56 Å². The Morgan fingerprint density at radius 2 is 1.86 bits per heavy atom. The van der Waals surface area contributed by atoms with Crippen LogP contribution in [0.25, 0.3) is 11.0 Å². The van der Waals surface area contributed by atoms with Crippen LogP contribution in [0, 0.1) is 6.92 Å². The van der Waals surface area contributed by atoms with Gasteiger partial charge in [0, 0.05) is 14.1 Å². The molecule has 2 aromatic heterocycles. The summed E-state index contributed by atoms with van der Waals surface area (Å²) in [5, 5.41) is 0.0389. The highest BCUT2D eigenvalue weighted by Gasteiger charge is 2.21. The molecule has 8 nitrogen and oxygen atoms in total. The first kappa shape index (κ1) is 16.2. The molecule has 2 heterocycles. The Balaban J connectivity index is 2.77. The van der Waals surface area contributed by atoms with E-state index >= 15 is 0 Å². The third-order valence-corrected chi connectivity index (χ3v) is 4.26. The number of hydrogen-bond acceptors (Lipinski definition) is 7. The minimum atomic E-state index is -0.538. The monoisotopic (exact) mass is 324 g/mol. The summed E-state index contributed by atoms with van der Waals surface area (Å²) in [5.41, 5.74) is -0.703. The number of methoxy groups -OCH3 is 1. The second-order valence-corrected chi connectivity index (χ2v) is 6.09. The molecule has 0 saturated carbocycles. The van der Waals surface area contributed by atoms with Gasteiger partial charge < -0.3 is 4.74 Å². The van der Waals surface area contributed by atoms with Gasteiger partial charge in [-0.05, 0) is 13.8 Å². The van der Waals surface area contributed by atoms with Crippen LogP contribution in [0.4, 0.5) is 0 Å². The summed E-state index contributed by atoms with van der Waals surface area (Å²) in [4.78, 5) is 44.4. The number of carbonyl (C=O) groups is 1. The molecule has 0 aliphatic carbocycles. The predicted molar refractivity (Wildman–Crippen MR) is 82.1 cm³/mol. The SMILES string of the molecule is COC(=O)[C@@H](C)Sc1nc(C)nc2c1c(=O)n(C)c(=O)n2C. The molecule has 0 radical (unpaired) electrons. The molecule has 22 heavy (non-hydrogen) atoms. The number of aryl methyl sites for hydroxylation is 2. The zero-order valence-electron chi connectivity index (χ0n) is 12.9. The van der Waals surface area contributed by atoms with Gasteiger partial charge in [-0.1, -0.05) is 11.8 Å². The van der Waals surface area contributed by atoms with E-state index in [9.17, 15) is 14.4 Å². The van der Waals surface area contributed by atoms with E-state index < -0.39 is 22.5 Å². The lowest BCUT2D eigenvalue weighted by molar-refractivity contribution is -0.139. The number of nitrogens with zero attached hydrogens (tertiary/aromatic N) is 4. The van der Waals surface area contributed by atoms with Crippen LogP contribution in [-0.4, -0.2) is 37.4 Å². The van der Waals surface area contributed by atoms with Gasteiger partial charge in [-0.15, -0.1) is 0 Å². The standard InChI is InChI=1S/C13H16N4O4S/c1-6(12(19)21-5)22-10-8-9(14-7(2)15-10)16(3)13(20)17(4)11(8)18/h6H,1-5H3/t6-/m1/s1. The smallest absolute Gasteiger partial charge is 0.332 e. The molecule has 0 amide bonds. The van der Waals surface area contributed by atoms with Crippen LogP contribution >= 0.6 is 11.8 Å². The number of esters is 1. The maximum atomic E-state index is 12.4. The van der Waals surface area contributed by atoms with E-state index in [2.05, 4.69) is 14.7 Å². The fourth-order valence-electron chi connectivity index (χ4n) is 2.00. The quantitative estimate of drug-likeness (QED) is 0.445. The Morgan fingerprint density at radius 1 is 1.23 bits per heavy atom. The average Bonchev–Trinajstić information content (AvgIpc) is 2.49. The first-order chi connectivity index (χ1) is 10.3. The molecular formula is C13H16N4O4S. The van der Waals surface area contributed by atoms with Crippen molar-refractivity contribution in [2.45, 2.75) is 24.1 Å². The van der Waals surface area contributed by atoms with Gasteiger partial charge in [-0.2, -0.15) is 0 Å². The molecule has 0 saturated heterocycles. The molecular weight excluding hydrogens is 308 g/mol. The maximum absolute atomic E-state index is 12.4. The van der Waals surface area contributed by atoms with Crippen LogP contribution < -0.4 is 11.2 Å². The molecule has 0 aliphatic heterocycles. The maximum Gasteiger partial charge on any atom is 0.332 e. The van der Waals surface area contributed by atoms with Crippen LogP contribution in [0.1, 0.15) is 12.7 Å². The predicted octanol–water partition coefficient (Wildman–Crippen LogP) is -0.0108. The molecule has 0 fully saturated rings. The second kappa shape index (κ2) is 5.91. The van der Waals surface area contributed by atoms with Crippen molar-refractivity contribution in [1.82, 2.24) is 19.1 Å². The third-order valence-electron chi connectivity index (χ3n) is 3.20. The van der Waals surface area contributed by atoms with E-state index in [0.29, 0.717) is 10.9 Å². The molecule has 1 atom stereocenters. The Hall–Kier alpha value is -2.16. The Morgan fingerprint density at radius 3 is 2.45 bits per heavy atom. The highest BCUT2D eigenvalue weighted by molar-refractivity contribution is 8.00. The molecule has 0 aromatic carbocycles. The first-order valence-electron chi connectivity index (χ1n) is 6.46. The largest absolute Gasteiger partial charge is 0.468 e. The number of rotatable bonds is 3. The second-order valence-electron chi connectivity index (χ2n) is 4.76. The van der Waals surface area contributed by atoms with Gasteiger partial charge in [0.2, 0.25) is 0 Å². The summed E-state index contributed by atoms with van der Waals surface area (Å²) in [6.45, 7) is 3.32. The lowest BCUT2D eigenvalue weighted by Gasteiger charge is -2.12. The molecule has 0 bridgehead atoms. The molecule has 0 unspecified atom stereocenters. The summed E-state index contributed by atoms with van der Waals surface area (Å²) in [7, 11) is 4.22. The summed E-state index contributed by atoms with van der Waals surface area (Å²) in [6.07, 6.45) is 0. The summed E-state index contributed by atoms with van der Waals surface area (Å²) < 4.78 is 6.97. The van der Waals surface area contributed by atoms with Crippen LogP contribution in [0.2, 0.25) is 0 Å². The highest BCUT2D eigenvalue weighted by Crippen LogP contribution is 2.26. The topological polar surface area (TPSA) is 96.1 Å². The van der Waals surface area contributed by atoms with Crippen LogP contribution in [0.3, 0.4) is 0 Å². The molecule has 0 spiro atoms. The number of hydrogen-bond donors (Lipinski definition) is 0. The summed E-state index contributed by atoms with van der Waals surface area (Å²) in [6, 6.07) is 0. The van der Waals surface area contributed by atoms with Gasteiger partial charge in [0.05, 0.1) is 7.11 Å². The van der Waals surface area contributed by atoms with Crippen molar-refractivity contribution in [3.8, 4) is 0 Å². The molecule has 2 aromatic rings. The number of fused-ring (bicyclic) bond motifs is 1. The van der Waals surface area contributed by atoms with E-state index in [4.69, 9.17) is 0 Å². The summed E-state index contributed by atoms with van der Waals surface area (Å²) in [5.74, 6) is -0.00798. The van der Waals surface area contributed by atoms with Crippen molar-refractivity contribution in [2.24, 2.45) is 14.1 Å². The van der Waals surface area contributed by atoms with Crippen molar-refractivity contribution in [2.75, 3.05) is 7.11 Å². The molecule has 118 valence electrons. The lowest BCUT2D eigenvalue weighted by atomic mass is 10.4. The first-order valence-corrected chi connectivity index (χ1v) is 7.34. The van der Waals surface area contributed by atoms with E-state index in [-0.39, 0.29) is 11.0 Å². The van der Waals surface area contributed by atoms with Crippen LogP contribution in [0.15, 0.2) is 14.6 Å². The van der Waals surface area contributed by atoms with Crippen molar-refractivity contribution in [3.05, 3.63) is 26.7 Å². The number of ether oxygens (including phenoxy) is 1. The van der Waals surface area contributed by atoms with E-state index in [1.807, 2.05) is 0 Å². The van der Waals surface area contributed by atoms with E-state index in [1.165, 1.54) is 25.8 Å². The number of thioether (sulfide) groups is 1. The third kappa shape index (κ3) is 2.63. The van der Waals surface area contributed by atoms with E-state index in [1.54, 1.807) is 13.8 Å². The molecule has 9 heteroatoms. The van der Waals surface area contributed by atoms with Gasteiger partial charge in [0.15, 0.2) is 5.65 Å². The number of carbonyl (C=O) groups excluding carboxylic acids is 1. The van der Waals surface area contributed by atoms with Crippen LogP contribution in [-0.2, 0) is 23.6 Å². The number of aromatic nitrogens is 4. The fraction of sp³-hybridized carbons (Fsp3) is 0.462. The fourth-order valence-corrected chi connectivity index (χ4v) is 3.01. The molecule has 0 aliphatic rings. The van der Waals surface area contributed by atoms with Gasteiger partial charge in [-0.3, -0.25) is 18.7 Å². The van der Waals surface area contributed by atoms with Crippen molar-refractivity contribution in [1.29, 1.82) is 0 Å².